The van der Waals surface area contributed by atoms with Gasteiger partial charge in [-0.15, -0.1) is 0 Å². The molecule has 0 bridgehead atoms. The van der Waals surface area contributed by atoms with Crippen LogP contribution in [0.2, 0.25) is 0 Å². The highest BCUT2D eigenvalue weighted by Crippen LogP contribution is 2.46. The lowest BCUT2D eigenvalue weighted by atomic mass is 9.69. The van der Waals surface area contributed by atoms with Crippen molar-refractivity contribution in [3.8, 4) is 6.07 Å². The lowest BCUT2D eigenvalue weighted by Crippen LogP contribution is -2.38. The van der Waals surface area contributed by atoms with E-state index >= 15 is 0 Å². The van der Waals surface area contributed by atoms with Crippen molar-refractivity contribution >= 4 is 11.4 Å². The van der Waals surface area contributed by atoms with Crippen LogP contribution in [0.5, 0.6) is 0 Å². The highest BCUT2D eigenvalue weighted by atomic mass is 16.5. The molecule has 3 heterocycles. The van der Waals surface area contributed by atoms with Gasteiger partial charge in [0.1, 0.15) is 5.65 Å². The first-order chi connectivity index (χ1) is 13.9. The zero-order valence-corrected chi connectivity index (χ0v) is 16.7. The third kappa shape index (κ3) is 3.57. The third-order valence-corrected chi connectivity index (χ3v) is 5.50. The number of rotatable bonds is 5. The van der Waals surface area contributed by atoms with Gasteiger partial charge in [0, 0.05) is 42.8 Å². The Hall–Kier alpha value is -2.95. The summed E-state index contributed by atoms with van der Waals surface area (Å²) in [6, 6.07) is 6.20. The number of hydrogen-bond acceptors (Lipinski definition) is 6. The number of nitrogens with one attached hydrogen (secondary N) is 1. The fourth-order valence-corrected chi connectivity index (χ4v) is 4.29. The van der Waals surface area contributed by atoms with Crippen LogP contribution in [0.25, 0.3) is 5.65 Å². The number of carbonyl (C=O) groups excluding carboxylic acids is 1. The van der Waals surface area contributed by atoms with Gasteiger partial charge in [0.25, 0.3) is 0 Å². The molecule has 0 radical (unpaired) electrons. The van der Waals surface area contributed by atoms with E-state index in [0.717, 1.165) is 23.3 Å². The second-order valence-corrected chi connectivity index (χ2v) is 8.39. The van der Waals surface area contributed by atoms with Gasteiger partial charge < -0.3 is 20.2 Å². The Morgan fingerprint density at radius 1 is 1.41 bits per heavy atom. The predicted octanol–water partition coefficient (Wildman–Crippen LogP) is 2.42. The summed E-state index contributed by atoms with van der Waals surface area (Å²) < 4.78 is 7.55. The zero-order valence-electron chi connectivity index (χ0n) is 16.7. The largest absolute Gasteiger partial charge is 0.374 e. The van der Waals surface area contributed by atoms with Crippen LogP contribution in [-0.2, 0) is 9.53 Å². The maximum absolute atomic E-state index is 13.2. The number of fused-ring (bicyclic) bond motifs is 1. The van der Waals surface area contributed by atoms with Crippen LogP contribution in [0, 0.1) is 16.7 Å². The minimum absolute atomic E-state index is 0.0918. The van der Waals surface area contributed by atoms with Gasteiger partial charge in [-0.1, -0.05) is 19.9 Å². The Kier molecular flexibility index (Phi) is 4.99. The van der Waals surface area contributed by atoms with E-state index in [9.17, 15) is 10.1 Å². The molecule has 0 fully saturated rings. The molecule has 1 atom stereocenters. The molecule has 0 saturated heterocycles. The van der Waals surface area contributed by atoms with Crippen molar-refractivity contribution < 1.29 is 9.53 Å². The zero-order chi connectivity index (χ0) is 20.6. The van der Waals surface area contributed by atoms with Crippen LogP contribution in [0.15, 0.2) is 53.3 Å². The number of ether oxygens (including phenoxy) is 1. The van der Waals surface area contributed by atoms with Crippen LogP contribution >= 0.6 is 0 Å². The lowest BCUT2D eigenvalue weighted by molar-refractivity contribution is -0.118. The first kappa shape index (κ1) is 19.4. The Morgan fingerprint density at radius 3 is 3.00 bits per heavy atom. The Balaban J connectivity index is 1.85. The molecule has 2 aliphatic rings. The van der Waals surface area contributed by atoms with Gasteiger partial charge >= 0.3 is 0 Å². The molecule has 2 aromatic rings. The molecule has 7 nitrogen and oxygen atoms in total. The number of nitriles is 1. The summed E-state index contributed by atoms with van der Waals surface area (Å²) in [4.78, 5) is 17.5. The van der Waals surface area contributed by atoms with Crippen LogP contribution in [-0.4, -0.2) is 34.9 Å². The van der Waals surface area contributed by atoms with Gasteiger partial charge in [-0.2, -0.15) is 5.26 Å². The van der Waals surface area contributed by atoms with Crippen molar-refractivity contribution in [1.29, 1.82) is 5.26 Å². The smallest absolute Gasteiger partial charge is 0.162 e. The normalized spacial score (nSPS) is 21.2. The molecule has 0 amide bonds. The minimum Gasteiger partial charge on any atom is -0.374 e. The molecule has 3 N–H and O–H groups in total. The number of hydrogen-bond donors (Lipinski definition) is 2. The van der Waals surface area contributed by atoms with Crippen LogP contribution in [0.1, 0.15) is 38.2 Å². The van der Waals surface area contributed by atoms with Crippen molar-refractivity contribution in [2.24, 2.45) is 11.1 Å². The van der Waals surface area contributed by atoms with Gasteiger partial charge in [-0.25, -0.2) is 4.98 Å². The van der Waals surface area contributed by atoms with Crippen molar-refractivity contribution in [1.82, 2.24) is 14.7 Å². The SMILES string of the molecule is CC1(C)CC(=O)C2=C(C1)NC(COCCN)=C(C#N)C2c1ccc2nccn2c1. The molecule has 2 aromatic heterocycles. The third-order valence-electron chi connectivity index (χ3n) is 5.50. The number of imidazole rings is 1. The molecular formula is C22H25N5O2. The number of pyridine rings is 1. The summed E-state index contributed by atoms with van der Waals surface area (Å²) in [5, 5.41) is 13.4. The summed E-state index contributed by atoms with van der Waals surface area (Å²) in [5.41, 5.74) is 9.95. The number of aromatic nitrogens is 2. The minimum atomic E-state index is -0.414. The van der Waals surface area contributed by atoms with E-state index in [1.54, 1.807) is 6.20 Å². The molecule has 4 rings (SSSR count). The summed E-state index contributed by atoms with van der Waals surface area (Å²) in [7, 11) is 0. The quantitative estimate of drug-likeness (QED) is 0.759. The van der Waals surface area contributed by atoms with Gasteiger partial charge in [-0.05, 0) is 23.5 Å². The number of allylic oxidation sites excluding steroid dienone is 3. The molecule has 0 saturated carbocycles. The second kappa shape index (κ2) is 7.47. The number of nitrogens with two attached hydrogens (primary N) is 1. The fraction of sp³-hybridized carbons (Fsp3) is 0.409. The number of nitrogens with zero attached hydrogens (tertiary/aromatic N) is 3. The molecular weight excluding hydrogens is 366 g/mol. The van der Waals surface area contributed by atoms with Gasteiger partial charge in [0.2, 0.25) is 0 Å². The van der Waals surface area contributed by atoms with E-state index in [2.05, 4.69) is 30.2 Å². The van der Waals surface area contributed by atoms with Gasteiger partial charge in [-0.3, -0.25) is 4.79 Å². The molecule has 29 heavy (non-hydrogen) atoms. The van der Waals surface area contributed by atoms with Gasteiger partial charge in [0.15, 0.2) is 5.78 Å². The average Bonchev–Trinajstić information content (AvgIpc) is 3.14. The number of dihydropyridines is 1. The monoisotopic (exact) mass is 391 g/mol. The molecule has 0 aromatic carbocycles. The molecule has 1 aliphatic heterocycles. The summed E-state index contributed by atoms with van der Waals surface area (Å²) in [6.45, 7) is 5.27. The van der Waals surface area contributed by atoms with E-state index in [1.165, 1.54) is 0 Å². The summed E-state index contributed by atoms with van der Waals surface area (Å²) >= 11 is 0. The second-order valence-electron chi connectivity index (χ2n) is 8.39. The molecule has 0 spiro atoms. The number of carbonyl (C=O) groups is 1. The van der Waals surface area contributed by atoms with E-state index in [4.69, 9.17) is 10.5 Å². The average molecular weight is 391 g/mol. The van der Waals surface area contributed by atoms with Crippen LogP contribution in [0.4, 0.5) is 0 Å². The fourth-order valence-electron chi connectivity index (χ4n) is 4.29. The first-order valence-corrected chi connectivity index (χ1v) is 9.80. The van der Waals surface area contributed by atoms with E-state index in [1.807, 2.05) is 28.9 Å². The number of Topliss-reactive ketones (excluding diaryl/α,β-unsaturated/α-hetero) is 1. The van der Waals surface area contributed by atoms with Crippen LogP contribution in [0.3, 0.4) is 0 Å². The summed E-state index contributed by atoms with van der Waals surface area (Å²) in [6.07, 6.45) is 6.76. The molecule has 1 aliphatic carbocycles. The van der Waals surface area contributed by atoms with E-state index in [0.29, 0.717) is 36.4 Å². The topological polar surface area (TPSA) is 105 Å². The van der Waals surface area contributed by atoms with Crippen molar-refractivity contribution in [3.63, 3.8) is 0 Å². The van der Waals surface area contributed by atoms with E-state index < -0.39 is 5.92 Å². The van der Waals surface area contributed by atoms with E-state index in [-0.39, 0.29) is 17.8 Å². The predicted molar refractivity (Wildman–Crippen MR) is 109 cm³/mol. The number of ketones is 1. The van der Waals surface area contributed by atoms with Crippen molar-refractivity contribution in [2.75, 3.05) is 19.8 Å². The molecule has 150 valence electrons. The highest BCUT2D eigenvalue weighted by molar-refractivity contribution is 6.00. The maximum Gasteiger partial charge on any atom is 0.162 e. The molecule has 7 heteroatoms. The maximum atomic E-state index is 13.2. The van der Waals surface area contributed by atoms with Crippen molar-refractivity contribution in [3.05, 3.63) is 58.8 Å². The Morgan fingerprint density at radius 2 is 2.24 bits per heavy atom. The molecule has 1 unspecified atom stereocenters. The lowest BCUT2D eigenvalue weighted by Gasteiger charge is -2.39. The Labute approximate surface area is 169 Å². The Bertz CT molecular complexity index is 1070. The summed E-state index contributed by atoms with van der Waals surface area (Å²) in [5.74, 6) is -0.322. The van der Waals surface area contributed by atoms with Crippen LogP contribution < -0.4 is 11.1 Å². The highest BCUT2D eigenvalue weighted by Gasteiger charge is 2.41. The standard InChI is InChI=1S/C22H25N5O2/c1-22(2)9-16-21(18(28)10-22)20(14-3-4-19-25-6-7-27(19)12-14)15(11-24)17(26-16)13-29-8-5-23/h3-4,6-7,12,20,26H,5,8-10,13,23H2,1-2H3. The van der Waals surface area contributed by atoms with Gasteiger partial charge in [0.05, 0.1) is 36.5 Å². The van der Waals surface area contributed by atoms with Crippen molar-refractivity contribution in [2.45, 2.75) is 32.6 Å². The first-order valence-electron chi connectivity index (χ1n) is 9.80.